The van der Waals surface area contributed by atoms with E-state index in [9.17, 15) is 0 Å². The smallest absolute Gasteiger partial charge is 0.205 e. The van der Waals surface area contributed by atoms with Crippen molar-refractivity contribution in [1.29, 1.82) is 0 Å². The van der Waals surface area contributed by atoms with Gasteiger partial charge in [-0.2, -0.15) is 4.37 Å². The molecule has 2 aromatic rings. The van der Waals surface area contributed by atoms with E-state index in [1.807, 2.05) is 0 Å². The van der Waals surface area contributed by atoms with Gasteiger partial charge in [-0.05, 0) is 18.4 Å². The zero-order valence-electron chi connectivity index (χ0n) is 10.5. The van der Waals surface area contributed by atoms with E-state index < -0.39 is 0 Å². The molecule has 1 aromatic heterocycles. The Morgan fingerprint density at radius 1 is 1.33 bits per heavy atom. The third-order valence-corrected chi connectivity index (χ3v) is 4.25. The highest BCUT2D eigenvalue weighted by molar-refractivity contribution is 7.09. The number of aryl methyl sites for hydroxylation is 1. The van der Waals surface area contributed by atoms with Crippen LogP contribution in [0.5, 0.6) is 0 Å². The van der Waals surface area contributed by atoms with Crippen LogP contribution in [-0.4, -0.2) is 15.9 Å². The van der Waals surface area contributed by atoms with E-state index in [0.29, 0.717) is 6.04 Å². The Balaban J connectivity index is 1.87. The molecular formula is C14H17N3S. The molecule has 18 heavy (non-hydrogen) atoms. The Morgan fingerprint density at radius 2 is 2.17 bits per heavy atom. The van der Waals surface area contributed by atoms with Crippen LogP contribution in [0.3, 0.4) is 0 Å². The lowest BCUT2D eigenvalue weighted by atomic mass is 10.1. The van der Waals surface area contributed by atoms with E-state index >= 15 is 0 Å². The predicted molar refractivity (Wildman–Crippen MR) is 75.1 cm³/mol. The average Bonchev–Trinajstić information content (AvgIpc) is 3.08. The van der Waals surface area contributed by atoms with Gasteiger partial charge in [-0.25, -0.2) is 4.98 Å². The predicted octanol–water partition coefficient (Wildman–Crippen LogP) is 3.44. The van der Waals surface area contributed by atoms with Crippen LogP contribution in [0.1, 0.15) is 37.2 Å². The van der Waals surface area contributed by atoms with Crippen molar-refractivity contribution >= 4 is 16.7 Å². The lowest BCUT2D eigenvalue weighted by molar-refractivity contribution is 0.716. The summed E-state index contributed by atoms with van der Waals surface area (Å²) in [5.41, 5.74) is 1.39. The lowest BCUT2D eigenvalue weighted by Gasteiger charge is -2.23. The van der Waals surface area contributed by atoms with Gasteiger partial charge in [0.05, 0.1) is 6.04 Å². The van der Waals surface area contributed by atoms with Gasteiger partial charge in [0.2, 0.25) is 5.13 Å². The Hall–Kier alpha value is -1.42. The summed E-state index contributed by atoms with van der Waals surface area (Å²) in [6.07, 6.45) is 3.37. The normalized spacial score (nSPS) is 19.4. The largest absolute Gasteiger partial charge is 0.340 e. The quantitative estimate of drug-likeness (QED) is 0.845. The number of anilines is 1. The van der Waals surface area contributed by atoms with Crippen LogP contribution in [0.25, 0.3) is 0 Å². The van der Waals surface area contributed by atoms with Gasteiger partial charge >= 0.3 is 0 Å². The second kappa shape index (κ2) is 5.06. The maximum Gasteiger partial charge on any atom is 0.205 e. The van der Waals surface area contributed by atoms with Crippen molar-refractivity contribution in [1.82, 2.24) is 9.36 Å². The summed E-state index contributed by atoms with van der Waals surface area (Å²) in [6.45, 7) is 3.20. The van der Waals surface area contributed by atoms with Crippen LogP contribution in [0.15, 0.2) is 30.3 Å². The van der Waals surface area contributed by atoms with Crippen LogP contribution >= 0.6 is 11.5 Å². The van der Waals surface area contributed by atoms with E-state index in [1.165, 1.54) is 29.9 Å². The number of hydrogen-bond acceptors (Lipinski definition) is 4. The molecule has 2 heterocycles. The second-order valence-electron chi connectivity index (χ2n) is 4.61. The molecule has 1 aliphatic rings. The highest BCUT2D eigenvalue weighted by Gasteiger charge is 2.28. The highest BCUT2D eigenvalue weighted by Crippen LogP contribution is 2.36. The molecule has 3 nitrogen and oxygen atoms in total. The average molecular weight is 259 g/mol. The van der Waals surface area contributed by atoms with Crippen LogP contribution < -0.4 is 4.90 Å². The molecular weight excluding hydrogens is 242 g/mol. The molecule has 0 spiro atoms. The van der Waals surface area contributed by atoms with Gasteiger partial charge in [0.15, 0.2) is 0 Å². The standard InChI is InChI=1S/C14H17N3S/c1-2-13-15-14(18-16-13)17-10-6-9-12(17)11-7-4-3-5-8-11/h3-5,7-8,12H,2,6,9-10H2,1H3. The van der Waals surface area contributed by atoms with Crippen molar-refractivity contribution in [2.24, 2.45) is 0 Å². The number of benzene rings is 1. The Morgan fingerprint density at radius 3 is 2.89 bits per heavy atom. The highest BCUT2D eigenvalue weighted by atomic mass is 32.1. The molecule has 1 atom stereocenters. The maximum atomic E-state index is 4.62. The summed E-state index contributed by atoms with van der Waals surface area (Å²) in [5, 5.41) is 1.08. The molecule has 94 valence electrons. The molecule has 1 fully saturated rings. The molecule has 0 N–H and O–H groups in total. The fourth-order valence-electron chi connectivity index (χ4n) is 2.52. The lowest BCUT2D eigenvalue weighted by Crippen LogP contribution is -2.22. The first-order chi connectivity index (χ1) is 8.88. The van der Waals surface area contributed by atoms with Crippen LogP contribution in [0.2, 0.25) is 0 Å². The van der Waals surface area contributed by atoms with E-state index in [4.69, 9.17) is 0 Å². The molecule has 0 radical (unpaired) electrons. The zero-order valence-corrected chi connectivity index (χ0v) is 11.4. The molecule has 1 aromatic carbocycles. The van der Waals surface area contributed by atoms with Crippen LogP contribution in [0.4, 0.5) is 5.13 Å². The molecule has 0 bridgehead atoms. The Bertz CT molecular complexity index is 509. The monoisotopic (exact) mass is 259 g/mol. The number of aromatic nitrogens is 2. The summed E-state index contributed by atoms with van der Waals surface area (Å²) >= 11 is 1.53. The van der Waals surface area contributed by atoms with E-state index in [0.717, 1.165) is 23.9 Å². The van der Waals surface area contributed by atoms with Gasteiger partial charge in [0.1, 0.15) is 5.82 Å². The summed E-state index contributed by atoms with van der Waals surface area (Å²) in [5.74, 6) is 0.966. The first kappa shape index (κ1) is 11.7. The number of rotatable bonds is 3. The molecule has 0 aliphatic carbocycles. The zero-order chi connectivity index (χ0) is 12.4. The van der Waals surface area contributed by atoms with Crippen LogP contribution in [0, 0.1) is 0 Å². The molecule has 3 rings (SSSR count). The summed E-state index contributed by atoms with van der Waals surface area (Å²) < 4.78 is 4.40. The van der Waals surface area contributed by atoms with Gasteiger partial charge in [-0.1, -0.05) is 37.3 Å². The van der Waals surface area contributed by atoms with Crippen molar-refractivity contribution < 1.29 is 0 Å². The van der Waals surface area contributed by atoms with Crippen molar-refractivity contribution in [2.75, 3.05) is 11.4 Å². The van der Waals surface area contributed by atoms with Crippen molar-refractivity contribution in [3.63, 3.8) is 0 Å². The van der Waals surface area contributed by atoms with Gasteiger partial charge in [-0.3, -0.25) is 0 Å². The molecule has 4 heteroatoms. The van der Waals surface area contributed by atoms with E-state index in [-0.39, 0.29) is 0 Å². The minimum absolute atomic E-state index is 0.476. The summed E-state index contributed by atoms with van der Waals surface area (Å²) in [4.78, 5) is 7.03. The molecule has 0 amide bonds. The van der Waals surface area contributed by atoms with Gasteiger partial charge in [-0.15, -0.1) is 0 Å². The minimum atomic E-state index is 0.476. The van der Waals surface area contributed by atoms with Crippen molar-refractivity contribution in [3.8, 4) is 0 Å². The Labute approximate surface area is 112 Å². The third-order valence-electron chi connectivity index (χ3n) is 3.46. The fourth-order valence-corrected chi connectivity index (χ4v) is 3.35. The third kappa shape index (κ3) is 2.12. The summed E-state index contributed by atoms with van der Waals surface area (Å²) in [7, 11) is 0. The first-order valence-electron chi connectivity index (χ1n) is 6.52. The number of nitrogens with zero attached hydrogens (tertiary/aromatic N) is 3. The van der Waals surface area contributed by atoms with Crippen LogP contribution in [-0.2, 0) is 6.42 Å². The van der Waals surface area contributed by atoms with Crippen molar-refractivity contribution in [2.45, 2.75) is 32.2 Å². The van der Waals surface area contributed by atoms with Crippen molar-refractivity contribution in [3.05, 3.63) is 41.7 Å². The minimum Gasteiger partial charge on any atom is -0.340 e. The first-order valence-corrected chi connectivity index (χ1v) is 7.30. The van der Waals surface area contributed by atoms with Gasteiger partial charge < -0.3 is 4.90 Å². The second-order valence-corrected chi connectivity index (χ2v) is 5.34. The molecule has 1 unspecified atom stereocenters. The fraction of sp³-hybridized carbons (Fsp3) is 0.429. The Kier molecular flexibility index (Phi) is 3.28. The van der Waals surface area contributed by atoms with E-state index in [1.54, 1.807) is 0 Å². The van der Waals surface area contributed by atoms with Gasteiger partial charge in [0, 0.05) is 24.5 Å². The summed E-state index contributed by atoms with van der Waals surface area (Å²) in [6, 6.07) is 11.2. The molecule has 1 aliphatic heterocycles. The number of hydrogen-bond donors (Lipinski definition) is 0. The maximum absolute atomic E-state index is 4.62. The van der Waals surface area contributed by atoms with Gasteiger partial charge in [0.25, 0.3) is 0 Å². The SMILES string of the molecule is CCc1nsc(N2CCCC2c2ccccc2)n1. The topological polar surface area (TPSA) is 29.0 Å². The molecule has 0 saturated carbocycles. The van der Waals surface area contributed by atoms with E-state index in [2.05, 4.69) is 51.5 Å². The molecule has 1 saturated heterocycles.